The summed E-state index contributed by atoms with van der Waals surface area (Å²) in [5.74, 6) is 0.538. The van der Waals surface area contributed by atoms with Crippen molar-refractivity contribution in [2.45, 2.75) is 26.8 Å². The molecule has 142 valence electrons. The lowest BCUT2D eigenvalue weighted by atomic mass is 10.2. The zero-order chi connectivity index (χ0) is 20.1. The van der Waals surface area contributed by atoms with Crippen molar-refractivity contribution in [3.8, 4) is 11.8 Å². The number of para-hydroxylation sites is 1. The van der Waals surface area contributed by atoms with Gasteiger partial charge in [-0.3, -0.25) is 4.79 Å². The Kier molecular flexibility index (Phi) is 5.97. The number of nitriles is 1. The highest BCUT2D eigenvalue weighted by molar-refractivity contribution is 6.31. The van der Waals surface area contributed by atoms with Gasteiger partial charge in [-0.1, -0.05) is 36.7 Å². The zero-order valence-electron chi connectivity index (χ0n) is 15.7. The number of rotatable bonds is 6. The Morgan fingerprint density at radius 1 is 1.25 bits per heavy atom. The topological polar surface area (TPSA) is 82.7 Å². The number of hydrogen-bond donors (Lipinski definition) is 2. The predicted molar refractivity (Wildman–Crippen MR) is 111 cm³/mol. The second-order valence-electron chi connectivity index (χ2n) is 6.27. The van der Waals surface area contributed by atoms with E-state index in [1.165, 1.54) is 0 Å². The molecule has 1 heterocycles. The van der Waals surface area contributed by atoms with Crippen LogP contribution >= 0.6 is 11.6 Å². The van der Waals surface area contributed by atoms with Crippen molar-refractivity contribution < 1.29 is 4.79 Å². The minimum atomic E-state index is -0.0780. The van der Waals surface area contributed by atoms with Crippen LogP contribution in [-0.4, -0.2) is 15.7 Å². The van der Waals surface area contributed by atoms with E-state index in [9.17, 15) is 10.1 Å². The van der Waals surface area contributed by atoms with Crippen LogP contribution in [0, 0.1) is 18.3 Å². The van der Waals surface area contributed by atoms with E-state index in [1.807, 2.05) is 42.5 Å². The van der Waals surface area contributed by atoms with Gasteiger partial charge in [-0.05, 0) is 42.8 Å². The van der Waals surface area contributed by atoms with Crippen LogP contribution in [0.15, 0.2) is 48.5 Å². The summed E-state index contributed by atoms with van der Waals surface area (Å²) in [5.41, 5.74) is 3.52. The first-order chi connectivity index (χ1) is 13.5. The summed E-state index contributed by atoms with van der Waals surface area (Å²) in [7, 11) is 0. The third-order valence-electron chi connectivity index (χ3n) is 4.20. The molecule has 3 rings (SSSR count). The molecule has 3 aromatic rings. The average Bonchev–Trinajstić information content (AvgIpc) is 3.01. The van der Waals surface area contributed by atoms with Gasteiger partial charge in [-0.2, -0.15) is 10.4 Å². The number of nitrogens with zero attached hydrogens (tertiary/aromatic N) is 3. The van der Waals surface area contributed by atoms with Crippen LogP contribution < -0.4 is 10.6 Å². The second-order valence-corrected chi connectivity index (χ2v) is 6.71. The number of carbonyl (C=O) groups is 1. The maximum Gasteiger partial charge on any atom is 0.224 e. The van der Waals surface area contributed by atoms with Gasteiger partial charge in [0.15, 0.2) is 0 Å². The number of aryl methyl sites for hydroxylation is 1. The van der Waals surface area contributed by atoms with E-state index in [1.54, 1.807) is 24.6 Å². The van der Waals surface area contributed by atoms with E-state index >= 15 is 0 Å². The summed E-state index contributed by atoms with van der Waals surface area (Å²) in [6.45, 7) is 4.02. The predicted octanol–water partition coefficient (Wildman–Crippen LogP) is 4.67. The summed E-state index contributed by atoms with van der Waals surface area (Å²) in [4.78, 5) is 11.7. The molecule has 0 saturated heterocycles. The average molecular weight is 394 g/mol. The Balaban J connectivity index is 1.89. The van der Waals surface area contributed by atoms with Gasteiger partial charge in [0, 0.05) is 23.7 Å². The Hall–Kier alpha value is -3.30. The highest BCUT2D eigenvalue weighted by atomic mass is 35.5. The molecule has 0 spiro atoms. The lowest BCUT2D eigenvalue weighted by Gasteiger charge is -2.12. The first-order valence-corrected chi connectivity index (χ1v) is 9.28. The maximum atomic E-state index is 11.7. The van der Waals surface area contributed by atoms with Gasteiger partial charge in [0.1, 0.15) is 17.5 Å². The summed E-state index contributed by atoms with van der Waals surface area (Å²) in [6, 6.07) is 17.2. The number of hydrogen-bond acceptors (Lipinski definition) is 4. The van der Waals surface area contributed by atoms with Crippen molar-refractivity contribution in [3.05, 3.63) is 70.4 Å². The van der Waals surface area contributed by atoms with Gasteiger partial charge in [0.05, 0.1) is 11.4 Å². The van der Waals surface area contributed by atoms with Crippen molar-refractivity contribution in [3.63, 3.8) is 0 Å². The number of carbonyl (C=O) groups excluding carboxylic acids is 1. The molecule has 0 aliphatic carbocycles. The number of aromatic nitrogens is 2. The quantitative estimate of drug-likeness (QED) is 0.637. The minimum Gasteiger partial charge on any atom is -0.365 e. The molecule has 0 radical (unpaired) electrons. The molecule has 28 heavy (non-hydrogen) atoms. The Bertz CT molecular complexity index is 1040. The SMILES string of the molecule is CCC(=O)Nc1cc(Cl)cc(CNc2c(C#N)c(C)nn2-c2ccccc2)c1. The smallest absolute Gasteiger partial charge is 0.224 e. The van der Waals surface area contributed by atoms with E-state index < -0.39 is 0 Å². The monoisotopic (exact) mass is 393 g/mol. The molecule has 0 unspecified atom stereocenters. The lowest BCUT2D eigenvalue weighted by molar-refractivity contribution is -0.115. The van der Waals surface area contributed by atoms with Crippen molar-refractivity contribution >= 4 is 29.0 Å². The van der Waals surface area contributed by atoms with E-state index in [-0.39, 0.29) is 5.91 Å². The van der Waals surface area contributed by atoms with E-state index in [2.05, 4.69) is 21.8 Å². The summed E-state index contributed by atoms with van der Waals surface area (Å²) in [6.07, 6.45) is 0.390. The maximum absolute atomic E-state index is 11.7. The molecule has 0 saturated carbocycles. The van der Waals surface area contributed by atoms with Crippen LogP contribution in [0.25, 0.3) is 5.69 Å². The number of anilines is 2. The van der Waals surface area contributed by atoms with Crippen LogP contribution in [0.1, 0.15) is 30.2 Å². The van der Waals surface area contributed by atoms with Crippen LogP contribution in [0.5, 0.6) is 0 Å². The molecule has 0 atom stereocenters. The fourth-order valence-electron chi connectivity index (χ4n) is 2.84. The van der Waals surface area contributed by atoms with Crippen molar-refractivity contribution in [1.82, 2.24) is 9.78 Å². The first kappa shape index (κ1) is 19.5. The molecule has 0 bridgehead atoms. The van der Waals surface area contributed by atoms with Gasteiger partial charge in [0.2, 0.25) is 5.91 Å². The lowest BCUT2D eigenvalue weighted by Crippen LogP contribution is -2.11. The number of benzene rings is 2. The molecular weight excluding hydrogens is 374 g/mol. The van der Waals surface area contributed by atoms with Crippen LogP contribution in [0.4, 0.5) is 11.5 Å². The van der Waals surface area contributed by atoms with E-state index in [0.717, 1.165) is 11.3 Å². The number of nitrogens with one attached hydrogen (secondary N) is 2. The summed E-state index contributed by atoms with van der Waals surface area (Å²) < 4.78 is 1.72. The Morgan fingerprint density at radius 3 is 2.68 bits per heavy atom. The molecule has 0 fully saturated rings. The second kappa shape index (κ2) is 8.59. The molecule has 7 heteroatoms. The standard InChI is InChI=1S/C21H20ClN5O/c1-3-20(28)25-17-10-15(9-16(22)11-17)13-24-21-19(12-23)14(2)26-27(21)18-7-5-4-6-8-18/h4-11,24H,3,13H2,1-2H3,(H,25,28). The molecule has 1 aromatic heterocycles. The summed E-state index contributed by atoms with van der Waals surface area (Å²) in [5, 5.41) is 20.7. The zero-order valence-corrected chi connectivity index (χ0v) is 16.4. The van der Waals surface area contributed by atoms with Gasteiger partial charge < -0.3 is 10.6 Å². The van der Waals surface area contributed by atoms with Crippen molar-refractivity contribution in [1.29, 1.82) is 5.26 Å². The normalized spacial score (nSPS) is 10.4. The highest BCUT2D eigenvalue weighted by Gasteiger charge is 2.16. The molecular formula is C21H20ClN5O. The molecule has 0 aliphatic heterocycles. The Labute approximate surface area is 168 Å². The fraction of sp³-hybridized carbons (Fsp3) is 0.190. The molecule has 0 aliphatic rings. The van der Waals surface area contributed by atoms with Gasteiger partial charge in [-0.25, -0.2) is 4.68 Å². The van der Waals surface area contributed by atoms with Crippen molar-refractivity contribution in [2.24, 2.45) is 0 Å². The van der Waals surface area contributed by atoms with Crippen LogP contribution in [0.3, 0.4) is 0 Å². The first-order valence-electron chi connectivity index (χ1n) is 8.90. The largest absolute Gasteiger partial charge is 0.365 e. The van der Waals surface area contributed by atoms with Crippen LogP contribution in [-0.2, 0) is 11.3 Å². The third kappa shape index (κ3) is 4.33. The molecule has 2 aromatic carbocycles. The molecule has 6 nitrogen and oxygen atoms in total. The number of halogens is 1. The van der Waals surface area contributed by atoms with Gasteiger partial charge in [-0.15, -0.1) is 0 Å². The summed E-state index contributed by atoms with van der Waals surface area (Å²) >= 11 is 6.20. The van der Waals surface area contributed by atoms with E-state index in [4.69, 9.17) is 11.6 Å². The van der Waals surface area contributed by atoms with Gasteiger partial charge >= 0.3 is 0 Å². The van der Waals surface area contributed by atoms with E-state index in [0.29, 0.717) is 40.8 Å². The minimum absolute atomic E-state index is 0.0780. The van der Waals surface area contributed by atoms with Crippen molar-refractivity contribution in [2.75, 3.05) is 10.6 Å². The highest BCUT2D eigenvalue weighted by Crippen LogP contribution is 2.25. The molecule has 2 N–H and O–H groups in total. The van der Waals surface area contributed by atoms with Crippen LogP contribution in [0.2, 0.25) is 5.02 Å². The van der Waals surface area contributed by atoms with Gasteiger partial charge in [0.25, 0.3) is 0 Å². The Morgan fingerprint density at radius 2 is 2.00 bits per heavy atom. The fourth-order valence-corrected chi connectivity index (χ4v) is 3.10. The third-order valence-corrected chi connectivity index (χ3v) is 4.41. The molecule has 1 amide bonds. The number of amides is 1.